The monoisotopic (exact) mass is 402 g/mol. The first-order chi connectivity index (χ1) is 13.4. The maximum atomic E-state index is 12.7. The van der Waals surface area contributed by atoms with Gasteiger partial charge in [-0.25, -0.2) is 8.42 Å². The number of hydrogen-bond donors (Lipinski definition) is 1. The van der Waals surface area contributed by atoms with Gasteiger partial charge in [0, 0.05) is 18.8 Å². The van der Waals surface area contributed by atoms with Crippen LogP contribution in [-0.2, 0) is 14.8 Å². The molecule has 0 saturated carbocycles. The smallest absolute Gasteiger partial charge is 0.265 e. The predicted octanol–water partition coefficient (Wildman–Crippen LogP) is 3.58. The van der Waals surface area contributed by atoms with Crippen molar-refractivity contribution in [1.82, 2.24) is 4.31 Å². The number of rotatable bonds is 6. The van der Waals surface area contributed by atoms with Crippen LogP contribution in [0.2, 0.25) is 0 Å². The van der Waals surface area contributed by atoms with E-state index in [4.69, 9.17) is 4.74 Å². The number of amides is 1. The molecule has 1 heterocycles. The topological polar surface area (TPSA) is 75.7 Å². The van der Waals surface area contributed by atoms with Crippen molar-refractivity contribution in [3.63, 3.8) is 0 Å². The number of ether oxygens (including phenoxy) is 1. The van der Waals surface area contributed by atoms with Gasteiger partial charge < -0.3 is 10.1 Å². The first-order valence-corrected chi connectivity index (χ1v) is 10.9. The van der Waals surface area contributed by atoms with Crippen LogP contribution in [-0.4, -0.2) is 37.8 Å². The summed E-state index contributed by atoms with van der Waals surface area (Å²) in [6.45, 7) is 4.76. The number of sulfonamides is 1. The summed E-state index contributed by atoms with van der Waals surface area (Å²) in [7, 11) is -3.47. The Morgan fingerprint density at radius 2 is 1.75 bits per heavy atom. The summed E-state index contributed by atoms with van der Waals surface area (Å²) in [6, 6.07) is 13.8. The lowest BCUT2D eigenvalue weighted by atomic mass is 10.2. The standard InChI is InChI=1S/C21H26N2O4S/c1-16-7-6-8-19(15-16)27-17(2)21(24)22-18-9-11-20(12-10-18)28(25,26)23-13-4-3-5-14-23/h6-12,15,17H,3-5,13-14H2,1-2H3,(H,22,24)/t17-/m1/s1. The summed E-state index contributed by atoms with van der Waals surface area (Å²) in [4.78, 5) is 12.6. The second-order valence-electron chi connectivity index (χ2n) is 7.05. The lowest BCUT2D eigenvalue weighted by Gasteiger charge is -2.25. The van der Waals surface area contributed by atoms with Crippen LogP contribution in [0.5, 0.6) is 5.75 Å². The van der Waals surface area contributed by atoms with Crippen LogP contribution in [0.3, 0.4) is 0 Å². The third kappa shape index (κ3) is 4.91. The van der Waals surface area contributed by atoms with Crippen molar-refractivity contribution in [2.45, 2.75) is 44.1 Å². The van der Waals surface area contributed by atoms with E-state index in [0.29, 0.717) is 24.5 Å². The van der Waals surface area contributed by atoms with Gasteiger partial charge in [-0.2, -0.15) is 4.31 Å². The van der Waals surface area contributed by atoms with E-state index in [1.54, 1.807) is 25.1 Å². The largest absolute Gasteiger partial charge is 0.481 e. The molecule has 1 atom stereocenters. The van der Waals surface area contributed by atoms with Crippen molar-refractivity contribution in [2.24, 2.45) is 0 Å². The fourth-order valence-corrected chi connectivity index (χ4v) is 4.67. The van der Waals surface area contributed by atoms with E-state index < -0.39 is 16.1 Å². The van der Waals surface area contributed by atoms with Crippen molar-refractivity contribution in [2.75, 3.05) is 18.4 Å². The Morgan fingerprint density at radius 1 is 1.07 bits per heavy atom. The van der Waals surface area contributed by atoms with Gasteiger partial charge in [-0.05, 0) is 68.7 Å². The molecule has 0 aliphatic carbocycles. The minimum absolute atomic E-state index is 0.247. The summed E-state index contributed by atoms with van der Waals surface area (Å²) >= 11 is 0. The quantitative estimate of drug-likeness (QED) is 0.801. The van der Waals surface area contributed by atoms with E-state index in [-0.39, 0.29) is 10.8 Å². The molecule has 1 fully saturated rings. The van der Waals surface area contributed by atoms with Crippen LogP contribution in [0.15, 0.2) is 53.4 Å². The minimum Gasteiger partial charge on any atom is -0.481 e. The molecule has 0 radical (unpaired) electrons. The third-order valence-corrected chi connectivity index (χ3v) is 6.66. The molecular weight excluding hydrogens is 376 g/mol. The first-order valence-electron chi connectivity index (χ1n) is 9.51. The van der Waals surface area contributed by atoms with Gasteiger partial charge in [0.15, 0.2) is 6.10 Å². The highest BCUT2D eigenvalue weighted by Gasteiger charge is 2.25. The Balaban J connectivity index is 1.62. The van der Waals surface area contributed by atoms with Gasteiger partial charge in [-0.1, -0.05) is 18.6 Å². The molecule has 2 aromatic rings. The predicted molar refractivity (Wildman–Crippen MR) is 109 cm³/mol. The van der Waals surface area contributed by atoms with Crippen LogP contribution in [0.25, 0.3) is 0 Å². The average Bonchev–Trinajstić information content (AvgIpc) is 2.69. The third-order valence-electron chi connectivity index (χ3n) is 4.75. The van der Waals surface area contributed by atoms with E-state index in [9.17, 15) is 13.2 Å². The zero-order chi connectivity index (χ0) is 20.1. The molecule has 0 spiro atoms. The van der Waals surface area contributed by atoms with Crippen LogP contribution < -0.4 is 10.1 Å². The summed E-state index contributed by atoms with van der Waals surface area (Å²) in [5, 5.41) is 2.76. The van der Waals surface area contributed by atoms with E-state index in [2.05, 4.69) is 5.32 Å². The summed E-state index contributed by atoms with van der Waals surface area (Å²) in [5.41, 5.74) is 1.58. The Bertz CT molecular complexity index is 920. The zero-order valence-electron chi connectivity index (χ0n) is 16.2. The molecule has 7 heteroatoms. The van der Waals surface area contributed by atoms with Crippen LogP contribution in [0, 0.1) is 6.92 Å². The van der Waals surface area contributed by atoms with E-state index in [1.807, 2.05) is 25.1 Å². The van der Waals surface area contributed by atoms with Crippen molar-refractivity contribution >= 4 is 21.6 Å². The molecule has 1 aliphatic rings. The van der Waals surface area contributed by atoms with E-state index in [0.717, 1.165) is 24.8 Å². The summed E-state index contributed by atoms with van der Waals surface area (Å²) in [5.74, 6) is 0.332. The highest BCUT2D eigenvalue weighted by atomic mass is 32.2. The highest BCUT2D eigenvalue weighted by molar-refractivity contribution is 7.89. The molecule has 3 rings (SSSR count). The second kappa shape index (κ2) is 8.75. The lowest BCUT2D eigenvalue weighted by Crippen LogP contribution is -2.35. The molecule has 28 heavy (non-hydrogen) atoms. The molecule has 1 aliphatic heterocycles. The Labute approximate surface area is 166 Å². The number of aryl methyl sites for hydroxylation is 1. The molecule has 1 N–H and O–H groups in total. The Kier molecular flexibility index (Phi) is 6.36. The van der Waals surface area contributed by atoms with Gasteiger partial charge in [0.1, 0.15) is 5.75 Å². The normalized spacial score (nSPS) is 16.4. The number of hydrogen-bond acceptors (Lipinski definition) is 4. The molecule has 150 valence electrons. The first kappa shape index (κ1) is 20.4. The maximum absolute atomic E-state index is 12.7. The SMILES string of the molecule is Cc1cccc(O[C@H](C)C(=O)Nc2ccc(S(=O)(=O)N3CCCCC3)cc2)c1. The fourth-order valence-electron chi connectivity index (χ4n) is 3.15. The lowest BCUT2D eigenvalue weighted by molar-refractivity contribution is -0.122. The summed E-state index contributed by atoms with van der Waals surface area (Å²) < 4.78 is 32.6. The molecule has 0 unspecified atom stereocenters. The van der Waals surface area contributed by atoms with Crippen LogP contribution in [0.1, 0.15) is 31.7 Å². The van der Waals surface area contributed by atoms with E-state index >= 15 is 0 Å². The Morgan fingerprint density at radius 3 is 2.39 bits per heavy atom. The van der Waals surface area contributed by atoms with Gasteiger partial charge in [0.2, 0.25) is 10.0 Å². The zero-order valence-corrected chi connectivity index (χ0v) is 17.0. The summed E-state index contributed by atoms with van der Waals surface area (Å²) in [6.07, 6.45) is 2.18. The number of benzene rings is 2. The van der Waals surface area contributed by atoms with Crippen molar-refractivity contribution in [3.05, 3.63) is 54.1 Å². The van der Waals surface area contributed by atoms with Crippen molar-refractivity contribution in [3.8, 4) is 5.75 Å². The molecule has 2 aromatic carbocycles. The number of piperidine rings is 1. The minimum atomic E-state index is -3.47. The van der Waals surface area contributed by atoms with Crippen molar-refractivity contribution in [1.29, 1.82) is 0 Å². The second-order valence-corrected chi connectivity index (χ2v) is 8.99. The van der Waals surface area contributed by atoms with Crippen molar-refractivity contribution < 1.29 is 17.9 Å². The number of carbonyl (C=O) groups is 1. The van der Waals surface area contributed by atoms with Gasteiger partial charge in [-0.3, -0.25) is 4.79 Å². The molecule has 1 saturated heterocycles. The number of nitrogens with zero attached hydrogens (tertiary/aromatic N) is 1. The Hall–Kier alpha value is -2.38. The molecule has 0 bridgehead atoms. The van der Waals surface area contributed by atoms with Crippen LogP contribution in [0.4, 0.5) is 5.69 Å². The van der Waals surface area contributed by atoms with Crippen LogP contribution >= 0.6 is 0 Å². The van der Waals surface area contributed by atoms with Gasteiger partial charge in [0.05, 0.1) is 4.90 Å². The van der Waals surface area contributed by atoms with Gasteiger partial charge >= 0.3 is 0 Å². The molecule has 0 aromatic heterocycles. The van der Waals surface area contributed by atoms with E-state index in [1.165, 1.54) is 16.4 Å². The average molecular weight is 403 g/mol. The molecule has 1 amide bonds. The number of anilines is 1. The number of nitrogens with one attached hydrogen (secondary N) is 1. The molecule has 6 nitrogen and oxygen atoms in total. The van der Waals surface area contributed by atoms with Gasteiger partial charge in [0.25, 0.3) is 5.91 Å². The van der Waals surface area contributed by atoms with Gasteiger partial charge in [-0.15, -0.1) is 0 Å². The molecular formula is C21H26N2O4S. The maximum Gasteiger partial charge on any atom is 0.265 e. The highest BCUT2D eigenvalue weighted by Crippen LogP contribution is 2.22. The fraction of sp³-hybridized carbons (Fsp3) is 0.381. The number of carbonyl (C=O) groups excluding carboxylic acids is 1.